The molecule has 0 aromatic heterocycles. The van der Waals surface area contributed by atoms with Crippen molar-refractivity contribution in [2.75, 3.05) is 13.1 Å². The van der Waals surface area contributed by atoms with Gasteiger partial charge in [0.15, 0.2) is 0 Å². The first-order chi connectivity index (χ1) is 9.27. The van der Waals surface area contributed by atoms with Crippen molar-refractivity contribution in [2.24, 2.45) is 11.1 Å². The third kappa shape index (κ3) is 2.90. The zero-order chi connectivity index (χ0) is 15.0. The second kappa shape index (κ2) is 5.47. The smallest absolute Gasteiger partial charge is 0.243 e. The quantitative estimate of drug-likeness (QED) is 0.928. The third-order valence-electron chi connectivity index (χ3n) is 4.22. The second-order valence-electron chi connectivity index (χ2n) is 6.22. The van der Waals surface area contributed by atoms with Crippen LogP contribution in [-0.4, -0.2) is 31.9 Å². The molecule has 0 amide bonds. The van der Waals surface area contributed by atoms with Gasteiger partial charge in [-0.15, -0.1) is 0 Å². The van der Waals surface area contributed by atoms with Gasteiger partial charge in [-0.1, -0.05) is 32.9 Å². The fourth-order valence-electron chi connectivity index (χ4n) is 2.60. The minimum Gasteiger partial charge on any atom is -0.327 e. The van der Waals surface area contributed by atoms with Gasteiger partial charge in [0.2, 0.25) is 10.0 Å². The van der Waals surface area contributed by atoms with Crippen molar-refractivity contribution < 1.29 is 8.42 Å². The van der Waals surface area contributed by atoms with Crippen molar-refractivity contribution in [3.8, 4) is 0 Å². The molecule has 1 aromatic carbocycles. The molecule has 1 unspecified atom stereocenters. The molecule has 1 heterocycles. The number of hydrogen-bond donors (Lipinski definition) is 1. The Morgan fingerprint density at radius 3 is 2.70 bits per heavy atom. The average molecular weight is 296 g/mol. The van der Waals surface area contributed by atoms with Crippen molar-refractivity contribution in [3.63, 3.8) is 0 Å². The van der Waals surface area contributed by atoms with Gasteiger partial charge in [0.25, 0.3) is 0 Å². The van der Waals surface area contributed by atoms with E-state index in [9.17, 15) is 8.42 Å². The van der Waals surface area contributed by atoms with Gasteiger partial charge in [0.1, 0.15) is 0 Å². The van der Waals surface area contributed by atoms with Gasteiger partial charge >= 0.3 is 0 Å². The van der Waals surface area contributed by atoms with Crippen LogP contribution in [0.3, 0.4) is 0 Å². The van der Waals surface area contributed by atoms with E-state index >= 15 is 0 Å². The van der Waals surface area contributed by atoms with E-state index in [-0.39, 0.29) is 11.5 Å². The lowest BCUT2D eigenvalue weighted by Gasteiger charge is -2.41. The fraction of sp³-hybridized carbons (Fsp3) is 0.600. The van der Waals surface area contributed by atoms with Crippen molar-refractivity contribution in [3.05, 3.63) is 29.8 Å². The number of nitrogens with two attached hydrogens (primary N) is 1. The molecule has 0 aliphatic carbocycles. The van der Waals surface area contributed by atoms with E-state index in [1.807, 2.05) is 32.9 Å². The highest BCUT2D eigenvalue weighted by Crippen LogP contribution is 2.31. The van der Waals surface area contributed by atoms with Gasteiger partial charge in [-0.05, 0) is 36.0 Å². The van der Waals surface area contributed by atoms with Crippen molar-refractivity contribution in [1.29, 1.82) is 0 Å². The van der Waals surface area contributed by atoms with Crippen LogP contribution in [0, 0.1) is 5.41 Å². The van der Waals surface area contributed by atoms with Gasteiger partial charge in [0.05, 0.1) is 4.90 Å². The minimum absolute atomic E-state index is 0.0518. The summed E-state index contributed by atoms with van der Waals surface area (Å²) in [7, 11) is -3.41. The van der Waals surface area contributed by atoms with Crippen LogP contribution in [0.4, 0.5) is 0 Å². The van der Waals surface area contributed by atoms with E-state index in [0.29, 0.717) is 24.4 Å². The van der Waals surface area contributed by atoms with E-state index in [1.54, 1.807) is 16.4 Å². The van der Waals surface area contributed by atoms with E-state index in [4.69, 9.17) is 5.73 Å². The summed E-state index contributed by atoms with van der Waals surface area (Å²) in [5.74, 6) is 0. The van der Waals surface area contributed by atoms with E-state index in [0.717, 1.165) is 12.0 Å². The molecule has 1 saturated heterocycles. The maximum atomic E-state index is 12.7. The van der Waals surface area contributed by atoms with Gasteiger partial charge in [-0.3, -0.25) is 0 Å². The predicted octanol–water partition coefficient (Wildman–Crippen LogP) is 2.00. The summed E-state index contributed by atoms with van der Waals surface area (Å²) < 4.78 is 27.0. The standard InChI is InChI=1S/C15H24N2O2S/c1-4-12-6-5-7-13(10-12)20(18,19)17-9-8-14(16)15(2,3)11-17/h5-7,10,14H,4,8-9,11,16H2,1-3H3. The number of piperidine rings is 1. The lowest BCUT2D eigenvalue weighted by atomic mass is 9.81. The molecular formula is C15H24N2O2S. The molecule has 112 valence electrons. The Morgan fingerprint density at radius 1 is 1.40 bits per heavy atom. The highest BCUT2D eigenvalue weighted by Gasteiger charge is 2.38. The molecule has 20 heavy (non-hydrogen) atoms. The molecule has 4 nitrogen and oxygen atoms in total. The Hall–Kier alpha value is -0.910. The Balaban J connectivity index is 2.31. The number of sulfonamides is 1. The number of rotatable bonds is 3. The summed E-state index contributed by atoms with van der Waals surface area (Å²) in [6.07, 6.45) is 1.54. The third-order valence-corrected chi connectivity index (χ3v) is 6.06. The molecule has 5 heteroatoms. The average Bonchev–Trinajstić information content (AvgIpc) is 2.41. The van der Waals surface area contributed by atoms with Crippen molar-refractivity contribution in [1.82, 2.24) is 4.31 Å². The zero-order valence-electron chi connectivity index (χ0n) is 12.5. The molecule has 1 aliphatic rings. The molecule has 0 saturated carbocycles. The first kappa shape index (κ1) is 15.5. The molecule has 1 aromatic rings. The fourth-order valence-corrected chi connectivity index (χ4v) is 4.30. The van der Waals surface area contributed by atoms with Crippen LogP contribution in [-0.2, 0) is 16.4 Å². The number of benzene rings is 1. The molecule has 2 N–H and O–H groups in total. The van der Waals surface area contributed by atoms with Crippen molar-refractivity contribution >= 4 is 10.0 Å². The maximum Gasteiger partial charge on any atom is 0.243 e. The Morgan fingerprint density at radius 2 is 2.10 bits per heavy atom. The summed E-state index contributed by atoms with van der Waals surface area (Å²) in [6, 6.07) is 7.27. The van der Waals surface area contributed by atoms with Crippen LogP contribution >= 0.6 is 0 Å². The first-order valence-electron chi connectivity index (χ1n) is 7.12. The normalized spacial score (nSPS) is 23.7. The topological polar surface area (TPSA) is 63.4 Å². The van der Waals surface area contributed by atoms with Crippen LogP contribution in [0.15, 0.2) is 29.2 Å². The van der Waals surface area contributed by atoms with Crippen LogP contribution in [0.1, 0.15) is 32.8 Å². The maximum absolute atomic E-state index is 12.7. The molecule has 1 aliphatic heterocycles. The summed E-state index contributed by atoms with van der Waals surface area (Å²) >= 11 is 0. The van der Waals surface area contributed by atoms with Crippen LogP contribution in [0.5, 0.6) is 0 Å². The van der Waals surface area contributed by atoms with E-state index in [1.165, 1.54) is 0 Å². The molecule has 0 bridgehead atoms. The largest absolute Gasteiger partial charge is 0.327 e. The summed E-state index contributed by atoms with van der Waals surface area (Å²) in [5.41, 5.74) is 6.93. The highest BCUT2D eigenvalue weighted by molar-refractivity contribution is 7.89. The van der Waals surface area contributed by atoms with Gasteiger partial charge in [-0.25, -0.2) is 8.42 Å². The number of hydrogen-bond acceptors (Lipinski definition) is 3. The van der Waals surface area contributed by atoms with E-state index < -0.39 is 10.0 Å². The lowest BCUT2D eigenvalue weighted by Crippen LogP contribution is -2.53. The highest BCUT2D eigenvalue weighted by atomic mass is 32.2. The van der Waals surface area contributed by atoms with Gasteiger partial charge < -0.3 is 5.73 Å². The molecule has 0 spiro atoms. The summed E-state index contributed by atoms with van der Waals surface area (Å²) in [6.45, 7) is 7.06. The first-order valence-corrected chi connectivity index (χ1v) is 8.56. The molecule has 1 atom stereocenters. The van der Waals surface area contributed by atoms with Crippen LogP contribution < -0.4 is 5.73 Å². The second-order valence-corrected chi connectivity index (χ2v) is 8.16. The molecule has 1 fully saturated rings. The Bertz CT molecular complexity index is 581. The van der Waals surface area contributed by atoms with Gasteiger partial charge in [0, 0.05) is 19.1 Å². The summed E-state index contributed by atoms with van der Waals surface area (Å²) in [4.78, 5) is 0.392. The Kier molecular flexibility index (Phi) is 4.23. The van der Waals surface area contributed by atoms with Crippen LogP contribution in [0.2, 0.25) is 0 Å². The van der Waals surface area contributed by atoms with E-state index in [2.05, 4.69) is 0 Å². The SMILES string of the molecule is CCc1cccc(S(=O)(=O)N2CCC(N)C(C)(C)C2)c1. The molecule has 2 rings (SSSR count). The van der Waals surface area contributed by atoms with Crippen molar-refractivity contribution in [2.45, 2.75) is 44.6 Å². The van der Waals surface area contributed by atoms with Gasteiger partial charge in [-0.2, -0.15) is 4.31 Å². The number of aryl methyl sites for hydroxylation is 1. The summed E-state index contributed by atoms with van der Waals surface area (Å²) in [5, 5.41) is 0. The monoisotopic (exact) mass is 296 g/mol. The molecular weight excluding hydrogens is 272 g/mol. The van der Waals surface area contributed by atoms with Crippen LogP contribution in [0.25, 0.3) is 0 Å². The zero-order valence-corrected chi connectivity index (χ0v) is 13.3. The lowest BCUT2D eigenvalue weighted by molar-refractivity contribution is 0.155. The molecule has 0 radical (unpaired) electrons. The Labute approximate surface area is 122 Å². The predicted molar refractivity (Wildman–Crippen MR) is 81.0 cm³/mol. The number of nitrogens with zero attached hydrogens (tertiary/aromatic N) is 1. The minimum atomic E-state index is -3.41.